The Bertz CT molecular complexity index is 569. The molecule has 0 spiro atoms. The van der Waals surface area contributed by atoms with Crippen LogP contribution in [0.2, 0.25) is 5.02 Å². The lowest BCUT2D eigenvalue weighted by molar-refractivity contribution is 0.599. The summed E-state index contributed by atoms with van der Waals surface area (Å²) < 4.78 is 3.67. The zero-order valence-electron chi connectivity index (χ0n) is 11.1. The molecule has 0 bridgehead atoms. The van der Waals surface area contributed by atoms with Crippen LogP contribution in [-0.4, -0.2) is 19.6 Å². The summed E-state index contributed by atoms with van der Waals surface area (Å²) in [5, 5.41) is 9.22. The lowest BCUT2D eigenvalue weighted by Crippen LogP contribution is -2.19. The van der Waals surface area contributed by atoms with Crippen LogP contribution in [-0.2, 0) is 13.6 Å². The molecule has 0 fully saturated rings. The van der Waals surface area contributed by atoms with Gasteiger partial charge in [-0.25, -0.2) is 0 Å². The van der Waals surface area contributed by atoms with Gasteiger partial charge in [-0.3, -0.25) is 9.36 Å². The predicted octanol–water partition coefficient (Wildman–Crippen LogP) is 1.95. The van der Waals surface area contributed by atoms with Gasteiger partial charge in [0.15, 0.2) is 0 Å². The van der Waals surface area contributed by atoms with E-state index in [1.54, 1.807) is 6.20 Å². The number of rotatable bonds is 3. The Kier molecular flexibility index (Phi) is 3.45. The van der Waals surface area contributed by atoms with Crippen molar-refractivity contribution in [2.75, 3.05) is 0 Å². The van der Waals surface area contributed by atoms with Crippen LogP contribution >= 0.6 is 11.6 Å². The number of nitrogens with two attached hydrogens (primary N) is 1. The summed E-state index contributed by atoms with van der Waals surface area (Å²) in [6.45, 7) is 6.73. The fourth-order valence-corrected chi connectivity index (χ4v) is 2.57. The average Bonchev–Trinajstić information content (AvgIpc) is 2.80. The zero-order chi connectivity index (χ0) is 13.4. The smallest absolute Gasteiger partial charge is 0.0837 e. The third kappa shape index (κ3) is 1.93. The third-order valence-corrected chi connectivity index (χ3v) is 3.59. The SMILES string of the molecule is CCn1ncc(Cl)c1C(N)c1c(C)nn(C)c1C. The topological polar surface area (TPSA) is 61.7 Å². The highest BCUT2D eigenvalue weighted by atomic mass is 35.5. The normalized spacial score (nSPS) is 13.0. The molecule has 98 valence electrons. The van der Waals surface area contributed by atoms with Crippen LogP contribution in [0.4, 0.5) is 0 Å². The first-order valence-corrected chi connectivity index (χ1v) is 6.32. The van der Waals surface area contributed by atoms with Crippen molar-refractivity contribution >= 4 is 11.6 Å². The quantitative estimate of drug-likeness (QED) is 0.925. The molecular weight excluding hydrogens is 250 g/mol. The molecule has 2 heterocycles. The van der Waals surface area contributed by atoms with E-state index in [2.05, 4.69) is 10.2 Å². The van der Waals surface area contributed by atoms with Gasteiger partial charge in [0, 0.05) is 24.8 Å². The van der Waals surface area contributed by atoms with E-state index in [9.17, 15) is 0 Å². The van der Waals surface area contributed by atoms with Gasteiger partial charge in [-0.2, -0.15) is 10.2 Å². The average molecular weight is 268 g/mol. The first-order valence-electron chi connectivity index (χ1n) is 5.94. The summed E-state index contributed by atoms with van der Waals surface area (Å²) in [6.07, 6.45) is 1.64. The van der Waals surface area contributed by atoms with E-state index in [1.807, 2.05) is 37.2 Å². The molecule has 18 heavy (non-hydrogen) atoms. The van der Waals surface area contributed by atoms with Gasteiger partial charge in [0.25, 0.3) is 0 Å². The van der Waals surface area contributed by atoms with Gasteiger partial charge in [-0.1, -0.05) is 11.6 Å². The lowest BCUT2D eigenvalue weighted by Gasteiger charge is -2.15. The van der Waals surface area contributed by atoms with Crippen LogP contribution in [0.15, 0.2) is 6.20 Å². The monoisotopic (exact) mass is 267 g/mol. The Labute approximate surface area is 112 Å². The van der Waals surface area contributed by atoms with Crippen molar-refractivity contribution in [3.8, 4) is 0 Å². The van der Waals surface area contributed by atoms with Crippen molar-refractivity contribution in [3.05, 3.63) is 33.9 Å². The predicted molar refractivity (Wildman–Crippen MR) is 71.6 cm³/mol. The zero-order valence-corrected chi connectivity index (χ0v) is 11.9. The summed E-state index contributed by atoms with van der Waals surface area (Å²) in [5.41, 5.74) is 10.2. The molecule has 0 aliphatic heterocycles. The van der Waals surface area contributed by atoms with Gasteiger partial charge < -0.3 is 5.73 Å². The largest absolute Gasteiger partial charge is 0.319 e. The summed E-state index contributed by atoms with van der Waals surface area (Å²) in [6, 6.07) is -0.298. The van der Waals surface area contributed by atoms with Crippen molar-refractivity contribution in [1.82, 2.24) is 19.6 Å². The van der Waals surface area contributed by atoms with Gasteiger partial charge in [0.2, 0.25) is 0 Å². The highest BCUT2D eigenvalue weighted by molar-refractivity contribution is 6.31. The highest BCUT2D eigenvalue weighted by Gasteiger charge is 2.23. The summed E-state index contributed by atoms with van der Waals surface area (Å²) in [5.74, 6) is 0. The van der Waals surface area contributed by atoms with Gasteiger partial charge in [-0.05, 0) is 20.8 Å². The molecule has 2 N–H and O–H groups in total. The van der Waals surface area contributed by atoms with Gasteiger partial charge in [-0.15, -0.1) is 0 Å². The Morgan fingerprint density at radius 2 is 2.11 bits per heavy atom. The fraction of sp³-hybridized carbons (Fsp3) is 0.500. The molecule has 5 nitrogen and oxygen atoms in total. The van der Waals surface area contributed by atoms with Crippen LogP contribution in [0.1, 0.15) is 35.6 Å². The molecule has 0 radical (unpaired) electrons. The number of hydrogen-bond acceptors (Lipinski definition) is 3. The maximum absolute atomic E-state index is 6.35. The van der Waals surface area contributed by atoms with E-state index in [1.165, 1.54) is 0 Å². The number of aromatic nitrogens is 4. The van der Waals surface area contributed by atoms with E-state index < -0.39 is 0 Å². The van der Waals surface area contributed by atoms with Gasteiger partial charge >= 0.3 is 0 Å². The molecule has 0 saturated heterocycles. The minimum Gasteiger partial charge on any atom is -0.319 e. The number of aryl methyl sites for hydroxylation is 3. The van der Waals surface area contributed by atoms with Crippen LogP contribution in [0, 0.1) is 13.8 Å². The maximum Gasteiger partial charge on any atom is 0.0837 e. The molecule has 0 aromatic carbocycles. The maximum atomic E-state index is 6.35. The van der Waals surface area contributed by atoms with E-state index in [0.717, 1.165) is 29.2 Å². The Morgan fingerprint density at radius 3 is 2.61 bits per heavy atom. The first-order chi connectivity index (χ1) is 8.47. The Morgan fingerprint density at radius 1 is 1.44 bits per heavy atom. The van der Waals surface area contributed by atoms with Gasteiger partial charge in [0.05, 0.1) is 28.6 Å². The summed E-state index contributed by atoms with van der Waals surface area (Å²) >= 11 is 6.19. The fourth-order valence-electron chi connectivity index (χ4n) is 2.31. The van der Waals surface area contributed by atoms with Crippen LogP contribution in [0.5, 0.6) is 0 Å². The molecule has 2 aromatic rings. The molecule has 6 heteroatoms. The van der Waals surface area contributed by atoms with E-state index in [0.29, 0.717) is 5.02 Å². The molecule has 1 unspecified atom stereocenters. The van der Waals surface area contributed by atoms with Crippen LogP contribution in [0.25, 0.3) is 0 Å². The van der Waals surface area contributed by atoms with Crippen molar-refractivity contribution in [3.63, 3.8) is 0 Å². The molecule has 2 rings (SSSR count). The summed E-state index contributed by atoms with van der Waals surface area (Å²) in [4.78, 5) is 0. The summed E-state index contributed by atoms with van der Waals surface area (Å²) in [7, 11) is 1.91. The van der Waals surface area contributed by atoms with E-state index in [4.69, 9.17) is 17.3 Å². The highest BCUT2D eigenvalue weighted by Crippen LogP contribution is 2.29. The van der Waals surface area contributed by atoms with Crippen LogP contribution < -0.4 is 5.73 Å². The van der Waals surface area contributed by atoms with Gasteiger partial charge in [0.1, 0.15) is 0 Å². The number of halogens is 1. The van der Waals surface area contributed by atoms with Crippen molar-refractivity contribution in [2.24, 2.45) is 12.8 Å². The standard InChI is InChI=1S/C12H18ClN5/c1-5-18-12(9(13)6-15-18)11(14)10-7(2)16-17(4)8(10)3/h6,11H,5,14H2,1-4H3. The minimum atomic E-state index is -0.298. The third-order valence-electron chi connectivity index (χ3n) is 3.30. The second kappa shape index (κ2) is 4.74. The van der Waals surface area contributed by atoms with E-state index >= 15 is 0 Å². The molecule has 0 aliphatic carbocycles. The number of nitrogens with zero attached hydrogens (tertiary/aromatic N) is 4. The second-order valence-electron chi connectivity index (χ2n) is 4.38. The van der Waals surface area contributed by atoms with Crippen molar-refractivity contribution in [2.45, 2.75) is 33.4 Å². The Hall–Kier alpha value is -1.33. The lowest BCUT2D eigenvalue weighted by atomic mass is 10.0. The van der Waals surface area contributed by atoms with E-state index in [-0.39, 0.29) is 6.04 Å². The van der Waals surface area contributed by atoms with Crippen molar-refractivity contribution in [1.29, 1.82) is 0 Å². The molecule has 0 saturated carbocycles. The van der Waals surface area contributed by atoms with Crippen molar-refractivity contribution < 1.29 is 0 Å². The molecule has 0 amide bonds. The second-order valence-corrected chi connectivity index (χ2v) is 4.79. The molecule has 1 atom stereocenters. The number of hydrogen-bond donors (Lipinski definition) is 1. The molecular formula is C12H18ClN5. The molecule has 2 aromatic heterocycles. The first kappa shape index (κ1) is 13.1. The minimum absolute atomic E-state index is 0.298. The Balaban J connectivity index is 2.54. The molecule has 0 aliphatic rings. The van der Waals surface area contributed by atoms with Crippen LogP contribution in [0.3, 0.4) is 0 Å².